The van der Waals surface area contributed by atoms with Crippen molar-refractivity contribution in [1.82, 2.24) is 9.88 Å². The number of carbonyl (C=O) groups excluding carboxylic acids is 1. The van der Waals surface area contributed by atoms with Crippen LogP contribution in [0.3, 0.4) is 0 Å². The zero-order valence-electron chi connectivity index (χ0n) is 12.8. The third kappa shape index (κ3) is 4.54. The summed E-state index contributed by atoms with van der Waals surface area (Å²) in [6.07, 6.45) is 0.105. The highest BCUT2D eigenvalue weighted by atomic mass is 32.1. The van der Waals surface area contributed by atoms with Crippen molar-refractivity contribution in [1.29, 1.82) is 0 Å². The van der Waals surface area contributed by atoms with Gasteiger partial charge in [-0.15, -0.1) is 0 Å². The Hall–Kier alpha value is -1.92. The van der Waals surface area contributed by atoms with Gasteiger partial charge in [-0.2, -0.15) is 0 Å². The molecule has 1 aromatic carbocycles. The molecule has 0 aliphatic rings. The molecule has 0 unspecified atom stereocenters. The second-order valence-corrected chi connectivity index (χ2v) is 6.03. The van der Waals surface area contributed by atoms with Crippen molar-refractivity contribution in [3.05, 3.63) is 56.1 Å². The standard InChI is InChI=1S/C16H20N2O3S/c1-3-18(10-12-7-5-4-6-8-12)11-14-13(9-15(19)21-2)17-16(20)22-14/h4-8H,3,9-11H2,1-2H3,(H,17,20). The lowest BCUT2D eigenvalue weighted by Gasteiger charge is -2.20. The number of aromatic nitrogens is 1. The predicted octanol–water partition coefficient (Wildman–Crippen LogP) is 2.17. The second-order valence-electron chi connectivity index (χ2n) is 4.96. The van der Waals surface area contributed by atoms with Crippen molar-refractivity contribution in [3.8, 4) is 0 Å². The predicted molar refractivity (Wildman–Crippen MR) is 86.9 cm³/mol. The minimum absolute atomic E-state index is 0.105. The van der Waals surface area contributed by atoms with Crippen LogP contribution in [0, 0.1) is 0 Å². The van der Waals surface area contributed by atoms with Gasteiger partial charge in [0.05, 0.1) is 13.5 Å². The zero-order chi connectivity index (χ0) is 15.9. The molecule has 0 bridgehead atoms. The van der Waals surface area contributed by atoms with E-state index in [0.717, 1.165) is 29.3 Å². The van der Waals surface area contributed by atoms with Gasteiger partial charge in [0.25, 0.3) is 0 Å². The van der Waals surface area contributed by atoms with Crippen LogP contribution in [0.1, 0.15) is 23.1 Å². The minimum Gasteiger partial charge on any atom is -0.469 e. The molecule has 5 nitrogen and oxygen atoms in total. The number of benzene rings is 1. The molecule has 0 aliphatic carbocycles. The van der Waals surface area contributed by atoms with E-state index < -0.39 is 0 Å². The Labute approximate surface area is 133 Å². The maximum absolute atomic E-state index is 11.6. The van der Waals surface area contributed by atoms with E-state index in [1.807, 2.05) is 18.2 Å². The average Bonchev–Trinajstić information content (AvgIpc) is 2.86. The lowest BCUT2D eigenvalue weighted by atomic mass is 10.2. The maximum Gasteiger partial charge on any atom is 0.311 e. The van der Waals surface area contributed by atoms with E-state index in [2.05, 4.69) is 33.7 Å². The van der Waals surface area contributed by atoms with Gasteiger partial charge in [0.15, 0.2) is 0 Å². The third-order valence-corrected chi connectivity index (χ3v) is 4.33. The molecule has 0 fully saturated rings. The van der Waals surface area contributed by atoms with Crippen molar-refractivity contribution >= 4 is 17.3 Å². The number of methoxy groups -OCH3 is 1. The Morgan fingerprint density at radius 2 is 2.00 bits per heavy atom. The summed E-state index contributed by atoms with van der Waals surface area (Å²) in [6.45, 7) is 4.39. The van der Waals surface area contributed by atoms with E-state index in [1.165, 1.54) is 12.7 Å². The normalized spacial score (nSPS) is 10.9. The molecule has 2 aromatic rings. The Morgan fingerprint density at radius 3 is 2.64 bits per heavy atom. The van der Waals surface area contributed by atoms with Crippen LogP contribution in [0.25, 0.3) is 0 Å². The number of carbonyl (C=O) groups is 1. The zero-order valence-corrected chi connectivity index (χ0v) is 13.6. The van der Waals surface area contributed by atoms with Crippen LogP contribution in [-0.4, -0.2) is 29.5 Å². The summed E-state index contributed by atoms with van der Waals surface area (Å²) in [4.78, 5) is 28.8. The number of thiazole rings is 1. The van der Waals surface area contributed by atoms with Gasteiger partial charge in [0.2, 0.25) is 0 Å². The van der Waals surface area contributed by atoms with Gasteiger partial charge in [-0.3, -0.25) is 14.5 Å². The van der Waals surface area contributed by atoms with E-state index >= 15 is 0 Å². The molecule has 0 saturated carbocycles. The molecule has 1 heterocycles. The average molecular weight is 320 g/mol. The van der Waals surface area contributed by atoms with Gasteiger partial charge in [-0.05, 0) is 12.1 Å². The molecule has 118 valence electrons. The number of nitrogens with zero attached hydrogens (tertiary/aromatic N) is 1. The third-order valence-electron chi connectivity index (χ3n) is 3.42. The molecule has 0 amide bonds. The van der Waals surface area contributed by atoms with Gasteiger partial charge in [0.1, 0.15) is 0 Å². The number of aromatic amines is 1. The lowest BCUT2D eigenvalue weighted by molar-refractivity contribution is -0.139. The molecule has 2 rings (SSSR count). The Balaban J connectivity index is 2.10. The molecule has 0 aliphatic heterocycles. The Morgan fingerprint density at radius 1 is 1.27 bits per heavy atom. The number of hydrogen-bond donors (Lipinski definition) is 1. The first-order valence-electron chi connectivity index (χ1n) is 7.16. The Bertz CT molecular complexity index is 664. The van der Waals surface area contributed by atoms with Crippen LogP contribution in [0.15, 0.2) is 35.1 Å². The van der Waals surface area contributed by atoms with E-state index in [4.69, 9.17) is 0 Å². The van der Waals surface area contributed by atoms with Crippen molar-refractivity contribution < 1.29 is 9.53 Å². The fraction of sp³-hybridized carbons (Fsp3) is 0.375. The van der Waals surface area contributed by atoms with Crippen molar-refractivity contribution in [3.63, 3.8) is 0 Å². The number of esters is 1. The van der Waals surface area contributed by atoms with Crippen LogP contribution in [0.5, 0.6) is 0 Å². The number of ether oxygens (including phenoxy) is 1. The fourth-order valence-electron chi connectivity index (χ4n) is 2.20. The SMILES string of the molecule is CCN(Cc1ccccc1)Cc1sc(=O)[nH]c1CC(=O)OC. The molecule has 0 atom stereocenters. The van der Waals surface area contributed by atoms with Gasteiger partial charge in [-0.25, -0.2) is 0 Å². The van der Waals surface area contributed by atoms with Crippen LogP contribution >= 0.6 is 11.3 Å². The lowest BCUT2D eigenvalue weighted by Crippen LogP contribution is -2.22. The van der Waals surface area contributed by atoms with Gasteiger partial charge in [-0.1, -0.05) is 48.6 Å². The summed E-state index contributed by atoms with van der Waals surface area (Å²) >= 11 is 1.16. The van der Waals surface area contributed by atoms with Crippen LogP contribution in [0.4, 0.5) is 0 Å². The van der Waals surface area contributed by atoms with Crippen molar-refractivity contribution in [2.45, 2.75) is 26.4 Å². The number of nitrogens with one attached hydrogen (secondary N) is 1. The summed E-state index contributed by atoms with van der Waals surface area (Å²) in [5.41, 5.74) is 1.88. The van der Waals surface area contributed by atoms with Gasteiger partial charge >= 0.3 is 10.8 Å². The topological polar surface area (TPSA) is 62.4 Å². The number of H-pyrrole nitrogens is 1. The first kappa shape index (κ1) is 16.5. The summed E-state index contributed by atoms with van der Waals surface area (Å²) in [6, 6.07) is 10.2. The van der Waals surface area contributed by atoms with E-state index in [0.29, 0.717) is 12.2 Å². The number of hydrogen-bond acceptors (Lipinski definition) is 5. The summed E-state index contributed by atoms with van der Waals surface area (Å²) in [7, 11) is 1.35. The van der Waals surface area contributed by atoms with Crippen LogP contribution in [-0.2, 0) is 29.0 Å². The molecular formula is C16H20N2O3S. The highest BCUT2D eigenvalue weighted by Crippen LogP contribution is 2.16. The molecule has 0 saturated heterocycles. The van der Waals surface area contributed by atoms with E-state index in [1.54, 1.807) is 0 Å². The summed E-state index contributed by atoms with van der Waals surface area (Å²) in [5, 5.41) is 0. The maximum atomic E-state index is 11.6. The molecule has 0 radical (unpaired) electrons. The highest BCUT2D eigenvalue weighted by molar-refractivity contribution is 7.09. The van der Waals surface area contributed by atoms with Crippen molar-refractivity contribution in [2.75, 3.05) is 13.7 Å². The monoisotopic (exact) mass is 320 g/mol. The molecular weight excluding hydrogens is 300 g/mol. The summed E-state index contributed by atoms with van der Waals surface area (Å²) < 4.78 is 4.68. The highest BCUT2D eigenvalue weighted by Gasteiger charge is 2.15. The van der Waals surface area contributed by atoms with Gasteiger partial charge in [0, 0.05) is 23.7 Å². The van der Waals surface area contributed by atoms with Crippen LogP contribution < -0.4 is 4.87 Å². The quantitative estimate of drug-likeness (QED) is 0.794. The van der Waals surface area contributed by atoms with E-state index in [-0.39, 0.29) is 17.3 Å². The minimum atomic E-state index is -0.346. The number of rotatable bonds is 7. The molecule has 0 spiro atoms. The largest absolute Gasteiger partial charge is 0.469 e. The van der Waals surface area contributed by atoms with Crippen molar-refractivity contribution in [2.24, 2.45) is 0 Å². The smallest absolute Gasteiger partial charge is 0.311 e. The first-order valence-corrected chi connectivity index (χ1v) is 7.98. The molecule has 1 aromatic heterocycles. The first-order chi connectivity index (χ1) is 10.6. The van der Waals surface area contributed by atoms with Gasteiger partial charge < -0.3 is 9.72 Å². The van der Waals surface area contributed by atoms with E-state index in [9.17, 15) is 9.59 Å². The fourth-order valence-corrected chi connectivity index (χ4v) is 3.09. The second kappa shape index (κ2) is 7.91. The molecule has 6 heteroatoms. The Kier molecular flexibility index (Phi) is 5.91. The summed E-state index contributed by atoms with van der Waals surface area (Å²) in [5.74, 6) is -0.346. The van der Waals surface area contributed by atoms with Crippen LogP contribution in [0.2, 0.25) is 0 Å². The molecule has 1 N–H and O–H groups in total. The molecule has 22 heavy (non-hydrogen) atoms.